The summed E-state index contributed by atoms with van der Waals surface area (Å²) in [4.78, 5) is 13.2. The van der Waals surface area contributed by atoms with E-state index in [1.165, 1.54) is 4.88 Å². The van der Waals surface area contributed by atoms with Crippen molar-refractivity contribution in [2.75, 3.05) is 33.1 Å². The predicted molar refractivity (Wildman–Crippen MR) is 85.0 cm³/mol. The van der Waals surface area contributed by atoms with E-state index in [-0.39, 0.29) is 5.54 Å². The molecule has 0 unspecified atom stereocenters. The molecule has 0 bridgehead atoms. The van der Waals surface area contributed by atoms with Gasteiger partial charge in [-0.25, -0.2) is 4.98 Å². The van der Waals surface area contributed by atoms with Crippen LogP contribution in [0.2, 0.25) is 0 Å². The number of aryl methyl sites for hydroxylation is 1. The normalized spacial score (nSPS) is 12.2. The molecule has 0 aliphatic heterocycles. The first-order chi connectivity index (χ1) is 9.33. The fourth-order valence-corrected chi connectivity index (χ4v) is 2.48. The summed E-state index contributed by atoms with van der Waals surface area (Å²) in [6.07, 6.45) is 0. The Labute approximate surface area is 124 Å². The van der Waals surface area contributed by atoms with Gasteiger partial charge in [0.2, 0.25) is 11.8 Å². The third kappa shape index (κ3) is 3.02. The van der Waals surface area contributed by atoms with Crippen molar-refractivity contribution >= 4 is 27.5 Å². The molecule has 5 nitrogen and oxygen atoms in total. The number of ether oxygens (including phenoxy) is 1. The molecule has 2 rings (SSSR count). The van der Waals surface area contributed by atoms with Gasteiger partial charge in [0.15, 0.2) is 0 Å². The van der Waals surface area contributed by atoms with Crippen LogP contribution in [-0.4, -0.2) is 48.2 Å². The maximum atomic E-state index is 5.98. The van der Waals surface area contributed by atoms with Gasteiger partial charge in [0.05, 0.1) is 5.39 Å². The monoisotopic (exact) mass is 294 g/mol. The van der Waals surface area contributed by atoms with E-state index in [4.69, 9.17) is 4.74 Å². The molecule has 1 N–H and O–H groups in total. The zero-order chi connectivity index (χ0) is 14.9. The van der Waals surface area contributed by atoms with Crippen molar-refractivity contribution in [3.05, 3.63) is 10.9 Å². The number of hydrogen-bond acceptors (Lipinski definition) is 6. The molecule has 6 heteroatoms. The summed E-state index contributed by atoms with van der Waals surface area (Å²) in [5, 5.41) is 3.97. The predicted octanol–water partition coefficient (Wildman–Crippen LogP) is 2.76. The van der Waals surface area contributed by atoms with Crippen molar-refractivity contribution < 1.29 is 4.74 Å². The summed E-state index contributed by atoms with van der Waals surface area (Å²) >= 11 is 1.65. The third-order valence-electron chi connectivity index (χ3n) is 3.48. The lowest BCUT2D eigenvalue weighted by atomic mass is 10.1. The minimum atomic E-state index is -0.0534. The average Bonchev–Trinajstić information content (AvgIpc) is 2.75. The summed E-state index contributed by atoms with van der Waals surface area (Å²) < 4.78 is 5.98. The maximum Gasteiger partial charge on any atom is 0.227 e. The number of likely N-dealkylation sites (N-methyl/N-ethyl adjacent to an activating group) is 1. The fourth-order valence-electron chi connectivity index (χ4n) is 1.61. The highest BCUT2D eigenvalue weighted by Crippen LogP contribution is 2.31. The van der Waals surface area contributed by atoms with Gasteiger partial charge in [0.25, 0.3) is 0 Å². The Morgan fingerprint density at radius 3 is 2.65 bits per heavy atom. The number of hydrogen-bond donors (Lipinski definition) is 1. The molecule has 0 radical (unpaired) electrons. The molecule has 0 aromatic carbocycles. The first kappa shape index (κ1) is 15.0. The summed E-state index contributed by atoms with van der Waals surface area (Å²) in [7, 11) is 5.91. The first-order valence-electron chi connectivity index (χ1n) is 6.59. The number of aromatic nitrogens is 2. The highest BCUT2D eigenvalue weighted by atomic mass is 32.1. The lowest BCUT2D eigenvalue weighted by Gasteiger charge is -2.31. The van der Waals surface area contributed by atoms with Gasteiger partial charge < -0.3 is 15.0 Å². The Hall–Kier alpha value is -1.40. The standard InChI is InChI=1S/C14H22N4OS/c1-9-7-10-11(19-8-14(2,3)18(5)6)16-13(15-4)17-12(10)20-9/h7H,8H2,1-6H3,(H,15,16,17). The SMILES string of the molecule is CNc1nc(OCC(C)(C)N(C)C)c2cc(C)sc2n1. The minimum absolute atomic E-state index is 0.0534. The van der Waals surface area contributed by atoms with E-state index in [0.29, 0.717) is 18.4 Å². The Balaban J connectivity index is 2.33. The largest absolute Gasteiger partial charge is 0.475 e. The second kappa shape index (κ2) is 5.54. The Kier molecular flexibility index (Phi) is 4.15. The van der Waals surface area contributed by atoms with E-state index in [9.17, 15) is 0 Å². The van der Waals surface area contributed by atoms with Crippen LogP contribution in [0.5, 0.6) is 5.88 Å². The fraction of sp³-hybridized carbons (Fsp3) is 0.571. The number of fused-ring (bicyclic) bond motifs is 1. The lowest BCUT2D eigenvalue weighted by molar-refractivity contribution is 0.112. The zero-order valence-corrected chi connectivity index (χ0v) is 13.8. The van der Waals surface area contributed by atoms with E-state index >= 15 is 0 Å². The molecule has 0 spiro atoms. The molecule has 2 aromatic heterocycles. The van der Waals surface area contributed by atoms with E-state index in [0.717, 1.165) is 10.2 Å². The van der Waals surface area contributed by atoms with Crippen LogP contribution in [-0.2, 0) is 0 Å². The second-order valence-electron chi connectivity index (χ2n) is 5.67. The van der Waals surface area contributed by atoms with Crippen molar-refractivity contribution in [2.45, 2.75) is 26.3 Å². The van der Waals surface area contributed by atoms with Crippen molar-refractivity contribution in [3.63, 3.8) is 0 Å². The zero-order valence-electron chi connectivity index (χ0n) is 12.9. The third-order valence-corrected chi connectivity index (χ3v) is 4.42. The van der Waals surface area contributed by atoms with Gasteiger partial charge >= 0.3 is 0 Å². The highest BCUT2D eigenvalue weighted by molar-refractivity contribution is 7.18. The summed E-state index contributed by atoms with van der Waals surface area (Å²) in [6, 6.07) is 2.08. The van der Waals surface area contributed by atoms with E-state index in [1.807, 2.05) is 21.1 Å². The van der Waals surface area contributed by atoms with Gasteiger partial charge in [0, 0.05) is 17.5 Å². The number of nitrogens with one attached hydrogen (secondary N) is 1. The van der Waals surface area contributed by atoms with Crippen molar-refractivity contribution in [1.29, 1.82) is 0 Å². The minimum Gasteiger partial charge on any atom is -0.475 e. The van der Waals surface area contributed by atoms with Crippen LogP contribution in [0.1, 0.15) is 18.7 Å². The van der Waals surface area contributed by atoms with Crippen LogP contribution >= 0.6 is 11.3 Å². The van der Waals surface area contributed by atoms with Crippen molar-refractivity contribution in [1.82, 2.24) is 14.9 Å². The van der Waals surface area contributed by atoms with Gasteiger partial charge in [0.1, 0.15) is 11.4 Å². The molecular weight excluding hydrogens is 272 g/mol. The van der Waals surface area contributed by atoms with Gasteiger partial charge in [-0.1, -0.05) is 0 Å². The molecule has 0 saturated carbocycles. The smallest absolute Gasteiger partial charge is 0.227 e. The number of anilines is 1. The lowest BCUT2D eigenvalue weighted by Crippen LogP contribution is -2.43. The molecular formula is C14H22N4OS. The molecule has 20 heavy (non-hydrogen) atoms. The number of nitrogens with zero attached hydrogens (tertiary/aromatic N) is 3. The van der Waals surface area contributed by atoms with E-state index in [2.05, 4.69) is 47.0 Å². The molecule has 0 fully saturated rings. The highest BCUT2D eigenvalue weighted by Gasteiger charge is 2.22. The maximum absolute atomic E-state index is 5.98. The first-order valence-corrected chi connectivity index (χ1v) is 7.41. The van der Waals surface area contributed by atoms with E-state index in [1.54, 1.807) is 11.3 Å². The van der Waals surface area contributed by atoms with Gasteiger partial charge in [-0.3, -0.25) is 0 Å². The summed E-state index contributed by atoms with van der Waals surface area (Å²) in [5.41, 5.74) is -0.0534. The molecule has 0 saturated heterocycles. The molecule has 0 amide bonds. The van der Waals surface area contributed by atoms with Crippen LogP contribution in [0.4, 0.5) is 5.95 Å². The van der Waals surface area contributed by atoms with Gasteiger partial charge in [-0.05, 0) is 40.9 Å². The summed E-state index contributed by atoms with van der Waals surface area (Å²) in [5.74, 6) is 1.25. The Morgan fingerprint density at radius 2 is 2.05 bits per heavy atom. The van der Waals surface area contributed by atoms with Gasteiger partial charge in [-0.15, -0.1) is 11.3 Å². The van der Waals surface area contributed by atoms with E-state index < -0.39 is 0 Å². The van der Waals surface area contributed by atoms with Crippen LogP contribution in [0, 0.1) is 6.92 Å². The number of thiophene rings is 1. The summed E-state index contributed by atoms with van der Waals surface area (Å²) in [6.45, 7) is 6.93. The van der Waals surface area contributed by atoms with Gasteiger partial charge in [-0.2, -0.15) is 4.98 Å². The second-order valence-corrected chi connectivity index (χ2v) is 6.91. The molecule has 0 aliphatic carbocycles. The Bertz CT molecular complexity index is 606. The van der Waals surface area contributed by atoms with Crippen LogP contribution < -0.4 is 10.1 Å². The molecule has 0 aliphatic rings. The topological polar surface area (TPSA) is 50.3 Å². The quantitative estimate of drug-likeness (QED) is 0.919. The van der Waals surface area contributed by atoms with Crippen molar-refractivity contribution in [2.24, 2.45) is 0 Å². The molecule has 2 heterocycles. The number of rotatable bonds is 5. The van der Waals surface area contributed by atoms with Crippen LogP contribution in [0.25, 0.3) is 10.2 Å². The van der Waals surface area contributed by atoms with Crippen LogP contribution in [0.3, 0.4) is 0 Å². The van der Waals surface area contributed by atoms with Crippen molar-refractivity contribution in [3.8, 4) is 5.88 Å². The average molecular weight is 294 g/mol. The Morgan fingerprint density at radius 1 is 1.35 bits per heavy atom. The molecule has 110 valence electrons. The molecule has 0 atom stereocenters. The van der Waals surface area contributed by atoms with Crippen LogP contribution in [0.15, 0.2) is 6.07 Å². The molecule has 2 aromatic rings.